The van der Waals surface area contributed by atoms with Crippen molar-refractivity contribution in [2.45, 2.75) is 100 Å². The summed E-state index contributed by atoms with van der Waals surface area (Å²) in [5, 5.41) is 23.2. The van der Waals surface area contributed by atoms with Crippen LogP contribution in [0.3, 0.4) is 0 Å². The normalized spacial score (nSPS) is 13.9. The van der Waals surface area contributed by atoms with Crippen LogP contribution in [0, 0.1) is 29.6 Å². The van der Waals surface area contributed by atoms with E-state index in [-0.39, 0.29) is 64.9 Å². The Bertz CT molecular complexity index is 2610. The highest BCUT2D eigenvalue weighted by molar-refractivity contribution is 5.55. The quantitative estimate of drug-likeness (QED) is 0.0556. The monoisotopic (exact) mass is 968 g/mol. The summed E-state index contributed by atoms with van der Waals surface area (Å²) in [5.41, 5.74) is -19.2. The second kappa shape index (κ2) is 19.4. The van der Waals surface area contributed by atoms with E-state index in [9.17, 15) is 15.0 Å². The lowest BCUT2D eigenvalue weighted by Gasteiger charge is -2.41. The minimum absolute atomic E-state index is 0.00130. The molecule has 6 nitrogen and oxygen atoms in total. The molecule has 0 radical (unpaired) electrons. The number of nitriles is 2. The lowest BCUT2D eigenvalue weighted by atomic mass is 9.68. The molecule has 362 valence electrons. The van der Waals surface area contributed by atoms with E-state index in [1.165, 1.54) is 44.2 Å². The first-order valence-corrected chi connectivity index (χ1v) is 20.6. The highest BCUT2D eigenvalue weighted by Gasteiger charge is 2.75. The first-order chi connectivity index (χ1) is 31.7. The highest BCUT2D eigenvalue weighted by Crippen LogP contribution is 2.60. The van der Waals surface area contributed by atoms with E-state index in [0.717, 1.165) is 0 Å². The van der Waals surface area contributed by atoms with Gasteiger partial charge in [0.15, 0.2) is 5.60 Å². The molecule has 5 aromatic carbocycles. The number of hydrogen-bond acceptors (Lipinski definition) is 6. The van der Waals surface area contributed by atoms with Crippen molar-refractivity contribution >= 4 is 0 Å². The SMILES string of the molecule is CCC(C)(CC)c1cccc(Oc2ccc(C(c3cccc(C(c4ccc(OC(CC)(COOF)c5cccc(C)c5C#N)cc4)(C(F)(F)F)C(F)(F)F)c3)(C(F)(F)F)C(F)(F)F)cc2)c1C#N. The lowest BCUT2D eigenvalue weighted by molar-refractivity contribution is -0.440. The Morgan fingerprint density at radius 1 is 0.515 bits per heavy atom. The topological polar surface area (TPSA) is 84.5 Å². The molecule has 0 amide bonds. The molecule has 68 heavy (non-hydrogen) atoms. The van der Waals surface area contributed by atoms with E-state index in [2.05, 4.69) is 9.98 Å². The zero-order valence-electron chi connectivity index (χ0n) is 36.7. The van der Waals surface area contributed by atoms with Crippen LogP contribution in [-0.2, 0) is 31.8 Å². The van der Waals surface area contributed by atoms with Crippen molar-refractivity contribution in [3.05, 3.63) is 159 Å². The van der Waals surface area contributed by atoms with Crippen LogP contribution in [0.4, 0.5) is 57.2 Å². The summed E-state index contributed by atoms with van der Waals surface area (Å²) >= 11 is 0. The first kappa shape index (κ1) is 52.7. The van der Waals surface area contributed by atoms with Crippen LogP contribution in [-0.4, -0.2) is 31.3 Å². The number of nitrogens with zero attached hydrogens (tertiary/aromatic N) is 2. The standard InChI is InChI=1S/C49H41F13N2O4/c1-6-42(5,7-2)39-15-11-17-41(38(39)28-64)66-35-22-18-31(19-23-35)44(46(50,51)52,47(53,54)55)33-13-10-14-34(26-33)45(48(56,57)58,49(59,60)61)32-20-24-36(25-21-32)67-43(8-3,29-65-68-62)40-16-9-12-30(4)37(40)27-63/h9-26H,6-8,29H2,1-5H3. The summed E-state index contributed by atoms with van der Waals surface area (Å²) in [7, 11) is 0. The summed E-state index contributed by atoms with van der Waals surface area (Å²) in [4.78, 5) is 4.48. The van der Waals surface area contributed by atoms with E-state index < -0.39 is 87.2 Å². The van der Waals surface area contributed by atoms with Crippen LogP contribution in [0.25, 0.3) is 0 Å². The van der Waals surface area contributed by atoms with Crippen molar-refractivity contribution in [1.29, 1.82) is 10.5 Å². The molecule has 1 atom stereocenters. The minimum Gasteiger partial charge on any atom is -0.480 e. The number of aryl methyl sites for hydroxylation is 1. The maximum Gasteiger partial charge on any atom is 0.411 e. The van der Waals surface area contributed by atoms with E-state index in [1.807, 2.05) is 32.9 Å². The summed E-state index contributed by atoms with van der Waals surface area (Å²) in [6.45, 7) is 7.83. The number of benzene rings is 5. The number of alkyl halides is 12. The molecule has 19 heteroatoms. The molecule has 0 aliphatic rings. The van der Waals surface area contributed by atoms with Gasteiger partial charge in [0.1, 0.15) is 29.9 Å². The number of rotatable bonds is 16. The zero-order chi connectivity index (χ0) is 50.7. The number of ether oxygens (including phenoxy) is 2. The van der Waals surface area contributed by atoms with Crippen molar-refractivity contribution in [1.82, 2.24) is 0 Å². The fraction of sp³-hybridized carbons (Fsp3) is 0.347. The Morgan fingerprint density at radius 2 is 0.956 bits per heavy atom. The Hall–Kier alpha value is -6.31. The summed E-state index contributed by atoms with van der Waals surface area (Å²) in [6.07, 6.45) is -24.9. The van der Waals surface area contributed by atoms with Crippen LogP contribution in [0.1, 0.15) is 97.0 Å². The first-order valence-electron chi connectivity index (χ1n) is 20.6. The van der Waals surface area contributed by atoms with Gasteiger partial charge in [0.2, 0.25) is 10.8 Å². The van der Waals surface area contributed by atoms with E-state index >= 15 is 52.7 Å². The summed E-state index contributed by atoms with van der Waals surface area (Å²) in [6, 6.07) is 16.8. The molecule has 0 spiro atoms. The molecule has 5 aromatic rings. The van der Waals surface area contributed by atoms with Gasteiger partial charge in [-0.25, -0.2) is 0 Å². The molecule has 0 aliphatic carbocycles. The molecule has 1 unspecified atom stereocenters. The third kappa shape index (κ3) is 9.05. The van der Waals surface area contributed by atoms with Gasteiger partial charge in [0.25, 0.3) is 0 Å². The summed E-state index contributed by atoms with van der Waals surface area (Å²) in [5.74, 6) is -0.919. The maximum atomic E-state index is 15.5. The van der Waals surface area contributed by atoms with Crippen molar-refractivity contribution < 1.29 is 76.7 Å². The van der Waals surface area contributed by atoms with Crippen molar-refractivity contribution in [2.75, 3.05) is 6.61 Å². The van der Waals surface area contributed by atoms with Crippen LogP contribution < -0.4 is 9.47 Å². The smallest absolute Gasteiger partial charge is 0.411 e. The molecule has 5 rings (SSSR count). The predicted octanol–water partition coefficient (Wildman–Crippen LogP) is 14.9. The van der Waals surface area contributed by atoms with Crippen molar-refractivity contribution in [3.63, 3.8) is 0 Å². The van der Waals surface area contributed by atoms with Crippen LogP contribution in [0.2, 0.25) is 0 Å². The average molecular weight is 969 g/mol. The van der Waals surface area contributed by atoms with Gasteiger partial charge in [-0.1, -0.05) is 107 Å². The number of halogens is 13. The Balaban J connectivity index is 1.69. The highest BCUT2D eigenvalue weighted by atomic mass is 19.4. The van der Waals surface area contributed by atoms with E-state index in [0.29, 0.717) is 60.4 Å². The van der Waals surface area contributed by atoms with Gasteiger partial charge in [0.05, 0.1) is 17.2 Å². The van der Waals surface area contributed by atoms with Crippen LogP contribution in [0.5, 0.6) is 17.2 Å². The minimum atomic E-state index is -6.49. The molecule has 0 aromatic heterocycles. The van der Waals surface area contributed by atoms with Crippen LogP contribution in [0.15, 0.2) is 109 Å². The zero-order valence-corrected chi connectivity index (χ0v) is 36.7. The third-order valence-electron chi connectivity index (χ3n) is 12.7. The van der Waals surface area contributed by atoms with Gasteiger partial charge >= 0.3 is 24.7 Å². The van der Waals surface area contributed by atoms with Gasteiger partial charge in [-0.3, -0.25) is 0 Å². The molecule has 0 N–H and O–H groups in total. The molecule has 0 heterocycles. The lowest BCUT2D eigenvalue weighted by Crippen LogP contribution is -2.56. The number of hydrogen-bond donors (Lipinski definition) is 0. The second-order valence-corrected chi connectivity index (χ2v) is 16.2. The molecular formula is C49H41F13N2O4. The molecule has 0 aliphatic heterocycles. The van der Waals surface area contributed by atoms with Crippen LogP contribution >= 0.6 is 0 Å². The second-order valence-electron chi connectivity index (χ2n) is 16.2. The van der Waals surface area contributed by atoms with Gasteiger partial charge in [-0.05, 0) is 105 Å². The largest absolute Gasteiger partial charge is 0.480 e. The Morgan fingerprint density at radius 3 is 1.38 bits per heavy atom. The fourth-order valence-corrected chi connectivity index (χ4v) is 8.55. The van der Waals surface area contributed by atoms with Gasteiger partial charge in [-0.15, -0.1) is 0 Å². The average Bonchev–Trinajstić information content (AvgIpc) is 3.27. The predicted molar refractivity (Wildman–Crippen MR) is 221 cm³/mol. The molecule has 0 bridgehead atoms. The Kier molecular flexibility index (Phi) is 15.0. The maximum absolute atomic E-state index is 15.5. The molecular weight excluding hydrogens is 928 g/mol. The van der Waals surface area contributed by atoms with Crippen molar-refractivity contribution in [3.8, 4) is 29.4 Å². The van der Waals surface area contributed by atoms with Gasteiger partial charge < -0.3 is 9.47 Å². The van der Waals surface area contributed by atoms with Gasteiger partial charge in [-0.2, -0.15) is 68.1 Å². The third-order valence-corrected chi connectivity index (χ3v) is 12.7. The summed E-state index contributed by atoms with van der Waals surface area (Å²) < 4.78 is 210. The van der Waals surface area contributed by atoms with E-state index in [4.69, 9.17) is 9.47 Å². The van der Waals surface area contributed by atoms with Gasteiger partial charge in [0, 0.05) is 5.56 Å². The molecule has 0 fully saturated rings. The Labute approximate surface area is 382 Å². The van der Waals surface area contributed by atoms with Crippen molar-refractivity contribution in [2.24, 2.45) is 0 Å². The van der Waals surface area contributed by atoms with E-state index in [1.54, 1.807) is 6.07 Å². The molecule has 0 saturated carbocycles. The fourth-order valence-electron chi connectivity index (χ4n) is 8.55. The molecule has 0 saturated heterocycles.